The number of aromatic hydroxyl groups is 1. The fourth-order valence-electron chi connectivity index (χ4n) is 1.40. The highest BCUT2D eigenvalue weighted by molar-refractivity contribution is 7.90. The van der Waals surface area contributed by atoms with Crippen LogP contribution in [0.3, 0.4) is 0 Å². The fourth-order valence-corrected chi connectivity index (χ4v) is 2.23. The minimum Gasteiger partial charge on any atom is -0.505 e. The molecular weight excluding hydrogens is 254 g/mol. The van der Waals surface area contributed by atoms with E-state index in [9.17, 15) is 27.4 Å². The molecule has 0 saturated carbocycles. The summed E-state index contributed by atoms with van der Waals surface area (Å²) in [4.78, 5) is -1.21. The first-order valence-electron chi connectivity index (χ1n) is 4.60. The SMILES string of the molecule is CC(C)(O)c1cc(F)c(S(C)(=O)=O)c(F)c1O. The van der Waals surface area contributed by atoms with Crippen LogP contribution >= 0.6 is 0 Å². The molecule has 0 aliphatic heterocycles. The van der Waals surface area contributed by atoms with Gasteiger partial charge in [-0.1, -0.05) is 0 Å². The Labute approximate surface area is 97.4 Å². The molecule has 0 heterocycles. The monoisotopic (exact) mass is 266 g/mol. The number of sulfone groups is 1. The van der Waals surface area contributed by atoms with Crippen molar-refractivity contribution in [1.82, 2.24) is 0 Å². The number of halogens is 2. The third kappa shape index (κ3) is 2.55. The predicted octanol–water partition coefficient (Wildman–Crippen LogP) is 1.30. The zero-order valence-electron chi connectivity index (χ0n) is 9.45. The Morgan fingerprint density at radius 1 is 1.29 bits per heavy atom. The van der Waals surface area contributed by atoms with Crippen molar-refractivity contribution in [1.29, 1.82) is 0 Å². The maximum absolute atomic E-state index is 13.6. The molecule has 0 bridgehead atoms. The van der Waals surface area contributed by atoms with Gasteiger partial charge in [-0.3, -0.25) is 0 Å². The van der Waals surface area contributed by atoms with Gasteiger partial charge in [0.1, 0.15) is 10.7 Å². The lowest BCUT2D eigenvalue weighted by Crippen LogP contribution is -2.18. The van der Waals surface area contributed by atoms with Gasteiger partial charge in [-0.25, -0.2) is 17.2 Å². The van der Waals surface area contributed by atoms with Gasteiger partial charge < -0.3 is 10.2 Å². The summed E-state index contributed by atoms with van der Waals surface area (Å²) in [6.07, 6.45) is 0.623. The number of benzene rings is 1. The van der Waals surface area contributed by atoms with Crippen molar-refractivity contribution in [3.05, 3.63) is 23.3 Å². The Kier molecular flexibility index (Phi) is 3.19. The molecule has 1 aromatic rings. The van der Waals surface area contributed by atoms with E-state index in [1.807, 2.05) is 0 Å². The molecule has 0 radical (unpaired) electrons. The van der Waals surface area contributed by atoms with Crippen molar-refractivity contribution in [2.45, 2.75) is 24.3 Å². The Morgan fingerprint density at radius 2 is 1.76 bits per heavy atom. The molecule has 0 aliphatic carbocycles. The molecule has 0 fully saturated rings. The lowest BCUT2D eigenvalue weighted by Gasteiger charge is -2.20. The third-order valence-electron chi connectivity index (χ3n) is 2.18. The Hall–Kier alpha value is -1.21. The van der Waals surface area contributed by atoms with Crippen LogP contribution < -0.4 is 0 Å². The normalized spacial score (nSPS) is 12.8. The van der Waals surface area contributed by atoms with E-state index in [1.54, 1.807) is 0 Å². The zero-order valence-corrected chi connectivity index (χ0v) is 10.3. The summed E-state index contributed by atoms with van der Waals surface area (Å²) in [7, 11) is -4.14. The van der Waals surface area contributed by atoms with Crippen molar-refractivity contribution >= 4 is 9.84 Å². The second-order valence-corrected chi connectivity index (χ2v) is 6.18. The molecule has 7 heteroatoms. The minimum atomic E-state index is -4.14. The predicted molar refractivity (Wildman–Crippen MR) is 56.4 cm³/mol. The smallest absolute Gasteiger partial charge is 0.186 e. The summed E-state index contributed by atoms with van der Waals surface area (Å²) in [5.74, 6) is -4.01. The zero-order chi connectivity index (χ0) is 13.6. The van der Waals surface area contributed by atoms with Crippen LogP contribution in [0.4, 0.5) is 8.78 Å². The first kappa shape index (κ1) is 13.9. The van der Waals surface area contributed by atoms with Crippen molar-refractivity contribution in [2.75, 3.05) is 6.26 Å². The van der Waals surface area contributed by atoms with Gasteiger partial charge >= 0.3 is 0 Å². The molecule has 0 atom stereocenters. The molecule has 0 aliphatic rings. The van der Waals surface area contributed by atoms with Crippen molar-refractivity contribution in [3.63, 3.8) is 0 Å². The minimum absolute atomic E-state index is 0.417. The molecule has 1 aromatic carbocycles. The summed E-state index contributed by atoms with van der Waals surface area (Å²) < 4.78 is 49.3. The first-order valence-corrected chi connectivity index (χ1v) is 6.49. The average Bonchev–Trinajstić information content (AvgIpc) is 2.07. The quantitative estimate of drug-likeness (QED) is 0.846. The maximum atomic E-state index is 13.6. The van der Waals surface area contributed by atoms with Gasteiger partial charge in [0.2, 0.25) is 0 Å². The Balaban J connectivity index is 3.72. The van der Waals surface area contributed by atoms with Crippen LogP contribution in [0.5, 0.6) is 5.75 Å². The van der Waals surface area contributed by atoms with Crippen LogP contribution in [0.25, 0.3) is 0 Å². The van der Waals surface area contributed by atoms with Gasteiger partial charge in [0.15, 0.2) is 21.4 Å². The van der Waals surface area contributed by atoms with E-state index >= 15 is 0 Å². The molecule has 0 spiro atoms. The maximum Gasteiger partial charge on any atom is 0.186 e. The van der Waals surface area contributed by atoms with Gasteiger partial charge in [0.05, 0.1) is 5.60 Å². The number of aliphatic hydroxyl groups is 1. The Morgan fingerprint density at radius 3 is 2.12 bits per heavy atom. The molecule has 96 valence electrons. The van der Waals surface area contributed by atoms with Gasteiger partial charge in [-0.15, -0.1) is 0 Å². The van der Waals surface area contributed by atoms with Crippen LogP contribution in [0, 0.1) is 11.6 Å². The molecule has 1 rings (SSSR count). The molecule has 0 aromatic heterocycles. The summed E-state index contributed by atoms with van der Waals surface area (Å²) in [5.41, 5.74) is -2.11. The van der Waals surface area contributed by atoms with Gasteiger partial charge in [-0.2, -0.15) is 0 Å². The fraction of sp³-hybridized carbons (Fsp3) is 0.400. The topological polar surface area (TPSA) is 74.6 Å². The molecule has 2 N–H and O–H groups in total. The summed E-state index contributed by atoms with van der Waals surface area (Å²) >= 11 is 0. The lowest BCUT2D eigenvalue weighted by atomic mass is 9.97. The number of phenolic OH excluding ortho intramolecular Hbond substituents is 1. The highest BCUT2D eigenvalue weighted by Crippen LogP contribution is 2.35. The van der Waals surface area contributed by atoms with E-state index in [0.717, 1.165) is 0 Å². The van der Waals surface area contributed by atoms with Crippen molar-refractivity contribution < 1.29 is 27.4 Å². The van der Waals surface area contributed by atoms with E-state index in [2.05, 4.69) is 0 Å². The van der Waals surface area contributed by atoms with Gasteiger partial charge in [0.25, 0.3) is 0 Å². The third-order valence-corrected chi connectivity index (χ3v) is 3.30. The number of hydrogen-bond acceptors (Lipinski definition) is 4. The molecule has 0 unspecified atom stereocenters. The molecule has 0 saturated heterocycles. The van der Waals surface area contributed by atoms with Crippen molar-refractivity contribution in [3.8, 4) is 5.75 Å². The summed E-state index contributed by atoms with van der Waals surface area (Å²) in [6, 6.07) is 0.606. The second kappa shape index (κ2) is 3.92. The molecule has 17 heavy (non-hydrogen) atoms. The number of rotatable bonds is 2. The standard InChI is InChI=1S/C10H12F2O4S/c1-10(2,14)5-4-6(11)9(17(3,15)16)7(12)8(5)13/h4,13-14H,1-3H3. The second-order valence-electron chi connectivity index (χ2n) is 4.23. The first-order chi connectivity index (χ1) is 7.46. The van der Waals surface area contributed by atoms with Gasteiger partial charge in [-0.05, 0) is 19.9 Å². The van der Waals surface area contributed by atoms with Crippen LogP contribution in [0.15, 0.2) is 11.0 Å². The lowest BCUT2D eigenvalue weighted by molar-refractivity contribution is 0.0744. The number of hydrogen-bond donors (Lipinski definition) is 2. The molecular formula is C10H12F2O4S. The van der Waals surface area contributed by atoms with E-state index in [1.165, 1.54) is 13.8 Å². The van der Waals surface area contributed by atoms with Crippen LogP contribution in [0.2, 0.25) is 0 Å². The average molecular weight is 266 g/mol. The summed E-state index contributed by atoms with van der Waals surface area (Å²) in [5, 5.41) is 19.0. The highest BCUT2D eigenvalue weighted by Gasteiger charge is 2.30. The van der Waals surface area contributed by atoms with E-state index in [4.69, 9.17) is 0 Å². The Bertz CT molecular complexity index is 559. The van der Waals surface area contributed by atoms with E-state index < -0.39 is 43.3 Å². The van der Waals surface area contributed by atoms with Crippen LogP contribution in [0.1, 0.15) is 19.4 Å². The number of phenols is 1. The van der Waals surface area contributed by atoms with Crippen LogP contribution in [-0.4, -0.2) is 24.9 Å². The molecule has 0 amide bonds. The van der Waals surface area contributed by atoms with Gasteiger partial charge in [0, 0.05) is 11.8 Å². The highest BCUT2D eigenvalue weighted by atomic mass is 32.2. The van der Waals surface area contributed by atoms with E-state index in [-0.39, 0.29) is 0 Å². The van der Waals surface area contributed by atoms with E-state index in [0.29, 0.717) is 12.3 Å². The molecule has 4 nitrogen and oxygen atoms in total. The largest absolute Gasteiger partial charge is 0.505 e. The van der Waals surface area contributed by atoms with Crippen molar-refractivity contribution in [2.24, 2.45) is 0 Å². The summed E-state index contributed by atoms with van der Waals surface area (Å²) in [6.45, 7) is 2.42. The van der Waals surface area contributed by atoms with Crippen LogP contribution in [-0.2, 0) is 15.4 Å².